The number of aliphatic hydroxyl groups is 1. The molecule has 2 heterocycles. The first kappa shape index (κ1) is 18.6. The molecule has 0 bridgehead atoms. The molecule has 4 rings (SSSR count). The zero-order valence-electron chi connectivity index (χ0n) is 15.8. The Kier molecular flexibility index (Phi) is 5.17. The number of carbonyl (C=O) groups is 1. The molecule has 2 aromatic carbocycles. The molecule has 0 saturated carbocycles. The van der Waals surface area contributed by atoms with Crippen molar-refractivity contribution in [3.63, 3.8) is 0 Å². The Morgan fingerprint density at radius 2 is 1.93 bits per heavy atom. The lowest BCUT2D eigenvalue weighted by Gasteiger charge is -2.07. The molecule has 8 heteroatoms. The first-order valence-electron chi connectivity index (χ1n) is 9.18. The molecule has 0 aliphatic carbocycles. The van der Waals surface area contributed by atoms with Gasteiger partial charge in [0.15, 0.2) is 0 Å². The van der Waals surface area contributed by atoms with Gasteiger partial charge in [-0.1, -0.05) is 47.7 Å². The number of H-pyrrole nitrogens is 1. The maximum absolute atomic E-state index is 12.6. The number of aliphatic hydroxyl groups excluding tert-OH is 1. The SMILES string of the molecule is CC(O)c1cn(-c2ccc(CNC(=O)c3[nH]ncc3-c3ccccc3)cc2)nn1. The first-order chi connectivity index (χ1) is 14.1. The fourth-order valence-electron chi connectivity index (χ4n) is 2.93. The van der Waals surface area contributed by atoms with Gasteiger partial charge in [-0.25, -0.2) is 4.68 Å². The third-order valence-corrected chi connectivity index (χ3v) is 4.54. The van der Waals surface area contributed by atoms with E-state index in [1.165, 1.54) is 0 Å². The van der Waals surface area contributed by atoms with Crippen LogP contribution in [0.2, 0.25) is 0 Å². The standard InChI is InChI=1S/C21H20N6O2/c1-14(28)19-13-27(26-24-19)17-9-7-15(8-10-17)11-22-21(29)20-18(12-23-25-20)16-5-3-2-4-6-16/h2-10,12-14,28H,11H2,1H3,(H,22,29)(H,23,25). The lowest BCUT2D eigenvalue weighted by molar-refractivity contribution is 0.0946. The highest BCUT2D eigenvalue weighted by Crippen LogP contribution is 2.21. The normalized spacial score (nSPS) is 11.9. The van der Waals surface area contributed by atoms with Crippen molar-refractivity contribution in [1.29, 1.82) is 0 Å². The van der Waals surface area contributed by atoms with E-state index in [1.807, 2.05) is 54.6 Å². The number of amides is 1. The minimum atomic E-state index is -0.665. The average Bonchev–Trinajstić information content (AvgIpc) is 3.43. The van der Waals surface area contributed by atoms with Gasteiger partial charge in [0.05, 0.1) is 24.2 Å². The molecule has 146 valence electrons. The molecule has 0 spiro atoms. The molecule has 0 radical (unpaired) electrons. The van der Waals surface area contributed by atoms with Crippen LogP contribution in [0.1, 0.15) is 34.8 Å². The van der Waals surface area contributed by atoms with Crippen molar-refractivity contribution >= 4 is 5.91 Å². The van der Waals surface area contributed by atoms with Crippen LogP contribution in [0.15, 0.2) is 67.0 Å². The molecule has 4 aromatic rings. The van der Waals surface area contributed by atoms with Crippen molar-refractivity contribution in [3.8, 4) is 16.8 Å². The molecular formula is C21H20N6O2. The third-order valence-electron chi connectivity index (χ3n) is 4.54. The second kappa shape index (κ2) is 8.07. The molecule has 1 atom stereocenters. The molecule has 0 aliphatic heterocycles. The topological polar surface area (TPSA) is 109 Å². The zero-order valence-corrected chi connectivity index (χ0v) is 15.8. The Morgan fingerprint density at radius 3 is 2.62 bits per heavy atom. The van der Waals surface area contributed by atoms with Gasteiger partial charge in [-0.05, 0) is 30.2 Å². The molecule has 0 fully saturated rings. The van der Waals surface area contributed by atoms with Crippen molar-refractivity contribution in [1.82, 2.24) is 30.5 Å². The van der Waals surface area contributed by atoms with Gasteiger partial charge >= 0.3 is 0 Å². The fraction of sp³-hybridized carbons (Fsp3) is 0.143. The van der Waals surface area contributed by atoms with Gasteiger partial charge in [-0.15, -0.1) is 5.10 Å². The van der Waals surface area contributed by atoms with E-state index in [4.69, 9.17) is 0 Å². The van der Waals surface area contributed by atoms with Crippen LogP contribution in [0, 0.1) is 0 Å². The van der Waals surface area contributed by atoms with Gasteiger partial charge in [0.25, 0.3) is 5.91 Å². The van der Waals surface area contributed by atoms with Crippen LogP contribution in [-0.4, -0.2) is 36.2 Å². The molecule has 0 saturated heterocycles. The number of aromatic amines is 1. The molecule has 1 unspecified atom stereocenters. The maximum atomic E-state index is 12.6. The number of nitrogens with zero attached hydrogens (tertiary/aromatic N) is 4. The second-order valence-corrected chi connectivity index (χ2v) is 6.64. The van der Waals surface area contributed by atoms with Crippen molar-refractivity contribution in [3.05, 3.63) is 83.9 Å². The van der Waals surface area contributed by atoms with Gasteiger partial charge < -0.3 is 10.4 Å². The summed E-state index contributed by atoms with van der Waals surface area (Å²) in [5.74, 6) is -0.219. The first-order valence-corrected chi connectivity index (χ1v) is 9.18. The summed E-state index contributed by atoms with van der Waals surface area (Å²) in [7, 11) is 0. The van der Waals surface area contributed by atoms with Crippen molar-refractivity contribution in [2.45, 2.75) is 19.6 Å². The Labute approximate surface area is 167 Å². The minimum Gasteiger partial charge on any atom is -0.387 e. The summed E-state index contributed by atoms with van der Waals surface area (Å²) in [4.78, 5) is 12.6. The van der Waals surface area contributed by atoms with Crippen molar-refractivity contribution < 1.29 is 9.90 Å². The zero-order chi connectivity index (χ0) is 20.2. The Hall–Kier alpha value is -3.78. The number of hydrogen-bond donors (Lipinski definition) is 3. The highest BCUT2D eigenvalue weighted by molar-refractivity contribution is 5.98. The lowest BCUT2D eigenvalue weighted by Crippen LogP contribution is -2.23. The fourth-order valence-corrected chi connectivity index (χ4v) is 2.93. The summed E-state index contributed by atoms with van der Waals surface area (Å²) in [5.41, 5.74) is 4.40. The summed E-state index contributed by atoms with van der Waals surface area (Å²) in [6.45, 7) is 2.02. The van der Waals surface area contributed by atoms with Gasteiger partial charge in [0.2, 0.25) is 0 Å². The van der Waals surface area contributed by atoms with E-state index in [0.717, 1.165) is 22.4 Å². The Bertz CT molecular complexity index is 1100. The summed E-state index contributed by atoms with van der Waals surface area (Å²) < 4.78 is 1.60. The molecule has 8 nitrogen and oxygen atoms in total. The van der Waals surface area contributed by atoms with Crippen molar-refractivity contribution in [2.75, 3.05) is 0 Å². The van der Waals surface area contributed by atoms with E-state index in [0.29, 0.717) is 17.9 Å². The smallest absolute Gasteiger partial charge is 0.270 e. The molecule has 0 aliphatic rings. The number of rotatable bonds is 6. The van der Waals surface area contributed by atoms with E-state index in [2.05, 4.69) is 25.8 Å². The summed E-state index contributed by atoms with van der Waals surface area (Å²) >= 11 is 0. The van der Waals surface area contributed by atoms with E-state index in [9.17, 15) is 9.90 Å². The molecule has 3 N–H and O–H groups in total. The van der Waals surface area contributed by atoms with Crippen LogP contribution >= 0.6 is 0 Å². The molecule has 2 aromatic heterocycles. The van der Waals surface area contributed by atoms with E-state index >= 15 is 0 Å². The van der Waals surface area contributed by atoms with Crippen LogP contribution in [0.25, 0.3) is 16.8 Å². The summed E-state index contributed by atoms with van der Waals surface area (Å²) in [6, 6.07) is 17.2. The van der Waals surface area contributed by atoms with E-state index < -0.39 is 6.10 Å². The van der Waals surface area contributed by atoms with Gasteiger partial charge in [-0.2, -0.15) is 5.10 Å². The Balaban J connectivity index is 1.42. The van der Waals surface area contributed by atoms with Crippen LogP contribution in [-0.2, 0) is 6.54 Å². The van der Waals surface area contributed by atoms with Gasteiger partial charge in [0, 0.05) is 12.1 Å². The average molecular weight is 388 g/mol. The van der Waals surface area contributed by atoms with Crippen LogP contribution in [0.3, 0.4) is 0 Å². The molecule has 29 heavy (non-hydrogen) atoms. The third kappa shape index (κ3) is 4.07. The number of carbonyl (C=O) groups excluding carboxylic acids is 1. The van der Waals surface area contributed by atoms with E-state index in [1.54, 1.807) is 24.0 Å². The Morgan fingerprint density at radius 1 is 1.17 bits per heavy atom. The van der Waals surface area contributed by atoms with Crippen molar-refractivity contribution in [2.24, 2.45) is 0 Å². The predicted molar refractivity (Wildman–Crippen MR) is 107 cm³/mol. The monoisotopic (exact) mass is 388 g/mol. The summed E-state index contributed by atoms with van der Waals surface area (Å²) in [5, 5.41) is 27.2. The second-order valence-electron chi connectivity index (χ2n) is 6.64. The number of aromatic nitrogens is 5. The maximum Gasteiger partial charge on any atom is 0.270 e. The minimum absolute atomic E-state index is 0.219. The van der Waals surface area contributed by atoms with Gasteiger partial charge in [0.1, 0.15) is 11.4 Å². The number of nitrogens with one attached hydrogen (secondary N) is 2. The van der Waals surface area contributed by atoms with Crippen LogP contribution in [0.4, 0.5) is 0 Å². The van der Waals surface area contributed by atoms with Gasteiger partial charge in [-0.3, -0.25) is 9.89 Å². The lowest BCUT2D eigenvalue weighted by atomic mass is 10.1. The van der Waals surface area contributed by atoms with Crippen LogP contribution in [0.5, 0.6) is 0 Å². The predicted octanol–water partition coefficient (Wildman–Crippen LogP) is 2.64. The highest BCUT2D eigenvalue weighted by atomic mass is 16.3. The van der Waals surface area contributed by atoms with Crippen LogP contribution < -0.4 is 5.32 Å². The number of hydrogen-bond acceptors (Lipinski definition) is 5. The highest BCUT2D eigenvalue weighted by Gasteiger charge is 2.15. The molecular weight excluding hydrogens is 368 g/mol. The molecule has 1 amide bonds. The largest absolute Gasteiger partial charge is 0.387 e. The number of benzene rings is 2. The quantitative estimate of drug-likeness (QED) is 0.470. The summed E-state index contributed by atoms with van der Waals surface area (Å²) in [6.07, 6.45) is 2.67. The van der Waals surface area contributed by atoms with E-state index in [-0.39, 0.29) is 5.91 Å².